The Morgan fingerprint density at radius 3 is 2.13 bits per heavy atom. The molecule has 0 saturated carbocycles. The summed E-state index contributed by atoms with van der Waals surface area (Å²) in [6, 6.07) is 9.91. The molecule has 0 spiro atoms. The molecule has 0 aliphatic carbocycles. The van der Waals surface area contributed by atoms with Gasteiger partial charge in [-0.3, -0.25) is 0 Å². The summed E-state index contributed by atoms with van der Waals surface area (Å²) < 4.78 is 12.5. The van der Waals surface area contributed by atoms with Crippen molar-refractivity contribution in [2.45, 2.75) is 103 Å². The number of hydrogen-bond acceptors (Lipinski definition) is 6. The second-order valence-electron chi connectivity index (χ2n) is 12.0. The lowest BCUT2D eigenvalue weighted by atomic mass is 9.85. The van der Waals surface area contributed by atoms with Crippen LogP contribution >= 0.6 is 0 Å². The molecule has 2 N–H and O–H groups in total. The van der Waals surface area contributed by atoms with Crippen LogP contribution < -0.4 is 9.16 Å². The summed E-state index contributed by atoms with van der Waals surface area (Å²) in [5, 5.41) is 22.3. The molecule has 38 heavy (non-hydrogen) atoms. The van der Waals surface area contributed by atoms with E-state index in [-0.39, 0.29) is 0 Å². The number of hydrogen-bond donors (Lipinski definition) is 2. The lowest BCUT2D eigenvalue weighted by Gasteiger charge is -2.42. The number of β-amino-alcohol motifs (C(OH)–C–C–N with tert-alkyl or cyclic N) is 1. The molecule has 1 atom stereocenters. The summed E-state index contributed by atoms with van der Waals surface area (Å²) in [5.74, 6) is 1.54. The Morgan fingerprint density at radius 1 is 1.00 bits per heavy atom. The van der Waals surface area contributed by atoms with Crippen molar-refractivity contribution in [3.05, 3.63) is 53.2 Å². The van der Waals surface area contributed by atoms with E-state index >= 15 is 0 Å². The Bertz CT molecular complexity index is 995. The Hall–Kier alpha value is -1.93. The lowest BCUT2D eigenvalue weighted by Crippen LogP contribution is -2.50. The zero-order valence-electron chi connectivity index (χ0n) is 24.8. The smallest absolute Gasteiger partial charge is 0.258 e. The molecule has 7 heteroatoms. The van der Waals surface area contributed by atoms with Crippen molar-refractivity contribution in [3.63, 3.8) is 0 Å². The third-order valence-corrected chi connectivity index (χ3v) is 14.4. The fourth-order valence-electron chi connectivity index (χ4n) is 6.23. The standard InChI is InChI=1S/C31H50N2O4Si/c1-9-18-36-30-13-11-27(20-32-30)31(35)14-16-33(17-15-31)21-28(34)26-10-12-29(25(8)19-26)37-38(22(2)3,23(4)5)24(6)7/h10-13,19-20,22-24,28,34-35H,9,14-18,21H2,1-8H3. The summed E-state index contributed by atoms with van der Waals surface area (Å²) >= 11 is 0. The van der Waals surface area contributed by atoms with E-state index in [1.54, 1.807) is 6.20 Å². The zero-order chi connectivity index (χ0) is 28.1. The van der Waals surface area contributed by atoms with E-state index in [9.17, 15) is 10.2 Å². The Morgan fingerprint density at radius 2 is 1.63 bits per heavy atom. The maximum atomic E-state index is 11.3. The fraction of sp³-hybridized carbons (Fsp3) is 0.645. The molecule has 6 nitrogen and oxygen atoms in total. The number of aliphatic hydroxyl groups is 2. The van der Waals surface area contributed by atoms with E-state index < -0.39 is 20.0 Å². The summed E-state index contributed by atoms with van der Waals surface area (Å²) in [6.07, 6.45) is 3.29. The number of aryl methyl sites for hydroxylation is 1. The van der Waals surface area contributed by atoms with Crippen LogP contribution in [-0.4, -0.2) is 54.7 Å². The first-order valence-corrected chi connectivity index (χ1v) is 16.6. The Balaban J connectivity index is 1.61. The van der Waals surface area contributed by atoms with Gasteiger partial charge in [-0.05, 0) is 72.1 Å². The molecular weight excluding hydrogens is 492 g/mol. The van der Waals surface area contributed by atoms with Crippen LogP contribution in [0.25, 0.3) is 0 Å². The SMILES string of the molecule is CCCOc1ccc(C2(O)CCN(CC(O)c3ccc(O[Si](C(C)C)(C(C)C)C(C)C)c(C)c3)CC2)cn1. The van der Waals surface area contributed by atoms with Gasteiger partial charge in [0.25, 0.3) is 8.32 Å². The van der Waals surface area contributed by atoms with Gasteiger partial charge < -0.3 is 24.3 Å². The van der Waals surface area contributed by atoms with Crippen LogP contribution in [0.2, 0.25) is 16.6 Å². The van der Waals surface area contributed by atoms with Gasteiger partial charge in [0.15, 0.2) is 0 Å². The molecule has 1 fully saturated rings. The van der Waals surface area contributed by atoms with Crippen molar-refractivity contribution in [1.29, 1.82) is 0 Å². The molecule has 212 valence electrons. The highest BCUT2D eigenvalue weighted by Crippen LogP contribution is 2.43. The van der Waals surface area contributed by atoms with E-state index in [0.717, 1.165) is 28.9 Å². The molecule has 0 amide bonds. The quantitative estimate of drug-likeness (QED) is 0.289. The third-order valence-electron chi connectivity index (χ3n) is 8.42. The van der Waals surface area contributed by atoms with E-state index in [0.29, 0.717) is 61.6 Å². The van der Waals surface area contributed by atoms with Gasteiger partial charge >= 0.3 is 0 Å². The molecule has 3 rings (SSSR count). The van der Waals surface area contributed by atoms with Gasteiger partial charge in [-0.2, -0.15) is 0 Å². The van der Waals surface area contributed by atoms with Crippen molar-refractivity contribution < 1.29 is 19.4 Å². The number of benzene rings is 1. The number of nitrogens with zero attached hydrogens (tertiary/aromatic N) is 2. The van der Waals surface area contributed by atoms with E-state index in [2.05, 4.69) is 77.4 Å². The van der Waals surface area contributed by atoms with Gasteiger partial charge in [0.1, 0.15) is 5.75 Å². The molecule has 1 aromatic carbocycles. The Kier molecular flexibility index (Phi) is 10.4. The van der Waals surface area contributed by atoms with E-state index in [4.69, 9.17) is 9.16 Å². The number of pyridine rings is 1. The number of aromatic nitrogens is 1. The van der Waals surface area contributed by atoms with Gasteiger partial charge in [-0.25, -0.2) is 4.98 Å². The number of aliphatic hydroxyl groups excluding tert-OH is 1. The molecule has 1 unspecified atom stereocenters. The average molecular weight is 543 g/mol. The summed E-state index contributed by atoms with van der Waals surface area (Å²) in [5.41, 5.74) is 3.44. The highest BCUT2D eigenvalue weighted by molar-refractivity contribution is 6.78. The molecule has 1 aromatic heterocycles. The molecule has 1 aliphatic heterocycles. The first-order chi connectivity index (χ1) is 17.9. The van der Waals surface area contributed by atoms with Gasteiger partial charge in [-0.1, -0.05) is 54.5 Å². The van der Waals surface area contributed by atoms with Crippen LogP contribution in [0.15, 0.2) is 36.5 Å². The second-order valence-corrected chi connectivity index (χ2v) is 17.4. The third kappa shape index (κ3) is 6.79. The number of rotatable bonds is 12. The van der Waals surface area contributed by atoms with Crippen molar-refractivity contribution in [2.24, 2.45) is 0 Å². The molecule has 0 radical (unpaired) electrons. The van der Waals surface area contributed by atoms with Gasteiger partial charge in [0, 0.05) is 37.5 Å². The Labute approximate surface area is 231 Å². The van der Waals surface area contributed by atoms with Crippen molar-refractivity contribution in [1.82, 2.24) is 9.88 Å². The minimum atomic E-state index is -2.04. The molecular formula is C31H50N2O4Si. The number of likely N-dealkylation sites (tertiary alicyclic amines) is 1. The summed E-state index contributed by atoms with van der Waals surface area (Å²) in [7, 11) is -2.04. The topological polar surface area (TPSA) is 75.1 Å². The second kappa shape index (κ2) is 12.9. The van der Waals surface area contributed by atoms with Crippen LogP contribution in [0.5, 0.6) is 11.6 Å². The average Bonchev–Trinajstić information content (AvgIpc) is 2.87. The first kappa shape index (κ1) is 30.6. The summed E-state index contributed by atoms with van der Waals surface area (Å²) in [4.78, 5) is 6.60. The number of piperidine rings is 1. The van der Waals surface area contributed by atoms with E-state index in [1.165, 1.54) is 0 Å². The predicted molar refractivity (Wildman–Crippen MR) is 157 cm³/mol. The minimum Gasteiger partial charge on any atom is -0.543 e. The maximum absolute atomic E-state index is 11.3. The van der Waals surface area contributed by atoms with Crippen LogP contribution in [-0.2, 0) is 5.60 Å². The molecule has 1 saturated heterocycles. The highest BCUT2D eigenvalue weighted by Gasteiger charge is 2.47. The molecule has 0 bridgehead atoms. The van der Waals surface area contributed by atoms with Crippen molar-refractivity contribution in [2.75, 3.05) is 26.2 Å². The maximum Gasteiger partial charge on any atom is 0.258 e. The lowest BCUT2D eigenvalue weighted by molar-refractivity contribution is -0.0347. The van der Waals surface area contributed by atoms with Gasteiger partial charge in [0.05, 0.1) is 18.3 Å². The van der Waals surface area contributed by atoms with Crippen molar-refractivity contribution >= 4 is 8.32 Å². The minimum absolute atomic E-state index is 0.507. The molecule has 1 aliphatic rings. The fourth-order valence-corrected chi connectivity index (χ4v) is 11.5. The van der Waals surface area contributed by atoms with Crippen LogP contribution in [0.3, 0.4) is 0 Å². The van der Waals surface area contributed by atoms with Crippen LogP contribution in [0.1, 0.15) is 90.5 Å². The monoisotopic (exact) mass is 542 g/mol. The first-order valence-electron chi connectivity index (χ1n) is 14.4. The normalized spacial score (nSPS) is 17.3. The molecule has 2 aromatic rings. The van der Waals surface area contributed by atoms with Gasteiger partial charge in [0.2, 0.25) is 5.88 Å². The van der Waals surface area contributed by atoms with Gasteiger partial charge in [-0.15, -0.1) is 0 Å². The zero-order valence-corrected chi connectivity index (χ0v) is 25.8. The predicted octanol–water partition coefficient (Wildman–Crippen LogP) is 6.75. The van der Waals surface area contributed by atoms with Crippen LogP contribution in [0.4, 0.5) is 0 Å². The number of ether oxygens (including phenoxy) is 1. The largest absolute Gasteiger partial charge is 0.543 e. The van der Waals surface area contributed by atoms with E-state index in [1.807, 2.05) is 18.2 Å². The molecule has 2 heterocycles. The van der Waals surface area contributed by atoms with Crippen molar-refractivity contribution in [3.8, 4) is 11.6 Å². The van der Waals surface area contributed by atoms with Crippen LogP contribution in [0, 0.1) is 6.92 Å². The summed E-state index contributed by atoms with van der Waals surface area (Å²) in [6.45, 7) is 20.5. The highest BCUT2D eigenvalue weighted by atomic mass is 28.4.